The number of hydrogen-bond acceptors (Lipinski definition) is 5. The number of ether oxygens (including phenoxy) is 1. The minimum Gasteiger partial charge on any atom is -0.488 e. The van der Waals surface area contributed by atoms with Gasteiger partial charge in [0.2, 0.25) is 0 Å². The van der Waals surface area contributed by atoms with Gasteiger partial charge in [-0.15, -0.1) is 34.2 Å². The first kappa shape index (κ1) is 26.5. The second-order valence-electron chi connectivity index (χ2n) is 7.84. The second-order valence-corrected chi connectivity index (χ2v) is 8.82. The third-order valence-electron chi connectivity index (χ3n) is 4.21. The van der Waals surface area contributed by atoms with Crippen molar-refractivity contribution in [2.24, 2.45) is 12.0 Å². The average molecular weight is 547 g/mol. The summed E-state index contributed by atoms with van der Waals surface area (Å²) in [5.74, 6) is 4.51. The van der Waals surface area contributed by atoms with Gasteiger partial charge in [0.15, 0.2) is 11.8 Å². The van der Waals surface area contributed by atoms with Gasteiger partial charge in [-0.1, -0.05) is 18.2 Å². The molecule has 9 heteroatoms. The standard InChI is InChI=1S/C21H34N6OS.HI/c1-16-25-26-19(27(16)5)15-24-20(22-12-9-13-29-6)23-14-17-10-7-8-11-18(17)28-21(2,3)4;/h7-8,10-11H,9,12-15H2,1-6H3,(H2,22,23,24);1H. The van der Waals surface area contributed by atoms with E-state index in [0.29, 0.717) is 13.1 Å². The molecule has 30 heavy (non-hydrogen) atoms. The smallest absolute Gasteiger partial charge is 0.191 e. The predicted octanol–water partition coefficient (Wildman–Crippen LogP) is 3.91. The first-order valence-electron chi connectivity index (χ1n) is 9.93. The predicted molar refractivity (Wildman–Crippen MR) is 137 cm³/mol. The number of benzene rings is 1. The van der Waals surface area contributed by atoms with Crippen LogP contribution in [0.25, 0.3) is 0 Å². The molecule has 0 saturated carbocycles. The topological polar surface area (TPSA) is 76.4 Å². The van der Waals surface area contributed by atoms with E-state index in [4.69, 9.17) is 9.73 Å². The van der Waals surface area contributed by atoms with Gasteiger partial charge in [-0.05, 0) is 52.2 Å². The highest BCUT2D eigenvalue weighted by molar-refractivity contribution is 14.0. The minimum absolute atomic E-state index is 0. The van der Waals surface area contributed by atoms with Crippen molar-refractivity contribution in [2.45, 2.75) is 52.8 Å². The normalized spacial score (nSPS) is 11.7. The number of aliphatic imine (C=N–C) groups is 1. The number of thioether (sulfide) groups is 1. The average Bonchev–Trinajstić information content (AvgIpc) is 2.98. The molecule has 2 rings (SSSR count). The molecule has 0 aliphatic heterocycles. The molecule has 1 heterocycles. The number of halogens is 1. The van der Waals surface area contributed by atoms with Gasteiger partial charge in [0, 0.05) is 19.2 Å². The molecule has 168 valence electrons. The number of para-hydroxylation sites is 1. The highest BCUT2D eigenvalue weighted by atomic mass is 127. The molecular weight excluding hydrogens is 511 g/mol. The van der Waals surface area contributed by atoms with Crippen LogP contribution in [0, 0.1) is 6.92 Å². The molecule has 2 N–H and O–H groups in total. The Morgan fingerprint density at radius 1 is 1.20 bits per heavy atom. The first-order valence-corrected chi connectivity index (χ1v) is 11.3. The van der Waals surface area contributed by atoms with Gasteiger partial charge in [-0.3, -0.25) is 0 Å². The summed E-state index contributed by atoms with van der Waals surface area (Å²) in [6.45, 7) is 10.1. The Balaban J connectivity index is 0.00000450. The van der Waals surface area contributed by atoms with Gasteiger partial charge in [0.05, 0.1) is 13.1 Å². The third kappa shape index (κ3) is 9.11. The summed E-state index contributed by atoms with van der Waals surface area (Å²) in [6, 6.07) is 8.06. The van der Waals surface area contributed by atoms with Crippen LogP contribution in [-0.2, 0) is 20.1 Å². The Hall–Kier alpha value is -1.49. The van der Waals surface area contributed by atoms with Crippen molar-refractivity contribution < 1.29 is 4.74 Å². The van der Waals surface area contributed by atoms with Gasteiger partial charge >= 0.3 is 0 Å². The molecule has 1 aromatic heterocycles. The van der Waals surface area contributed by atoms with Crippen LogP contribution in [0.3, 0.4) is 0 Å². The lowest BCUT2D eigenvalue weighted by molar-refractivity contribution is 0.129. The monoisotopic (exact) mass is 546 g/mol. The molecule has 0 radical (unpaired) electrons. The number of hydrogen-bond donors (Lipinski definition) is 2. The highest BCUT2D eigenvalue weighted by Crippen LogP contribution is 2.23. The van der Waals surface area contributed by atoms with Crippen LogP contribution in [0.4, 0.5) is 0 Å². The molecule has 0 fully saturated rings. The van der Waals surface area contributed by atoms with Crippen molar-refractivity contribution in [2.75, 3.05) is 18.6 Å². The molecule has 0 atom stereocenters. The largest absolute Gasteiger partial charge is 0.488 e. The van der Waals surface area contributed by atoms with Gasteiger partial charge < -0.3 is 19.9 Å². The van der Waals surface area contributed by atoms with Crippen LogP contribution < -0.4 is 15.4 Å². The lowest BCUT2D eigenvalue weighted by Crippen LogP contribution is -2.38. The van der Waals surface area contributed by atoms with E-state index in [1.165, 1.54) is 0 Å². The Bertz CT molecular complexity index is 803. The number of rotatable bonds is 9. The van der Waals surface area contributed by atoms with E-state index < -0.39 is 0 Å². The Kier molecular flexibility index (Phi) is 11.5. The van der Waals surface area contributed by atoms with Gasteiger partial charge in [-0.25, -0.2) is 4.99 Å². The molecule has 0 aliphatic carbocycles. The van der Waals surface area contributed by atoms with Gasteiger partial charge in [0.25, 0.3) is 0 Å². The maximum absolute atomic E-state index is 6.09. The number of nitrogens with zero attached hydrogens (tertiary/aromatic N) is 4. The van der Waals surface area contributed by atoms with Crippen molar-refractivity contribution >= 4 is 41.7 Å². The lowest BCUT2D eigenvalue weighted by Gasteiger charge is -2.23. The number of aromatic nitrogens is 3. The molecule has 1 aromatic carbocycles. The SMILES string of the molecule is CSCCCNC(=NCc1ccccc1OC(C)(C)C)NCc1nnc(C)n1C.I. The van der Waals surface area contributed by atoms with E-state index in [0.717, 1.165) is 47.6 Å². The summed E-state index contributed by atoms with van der Waals surface area (Å²) >= 11 is 1.85. The summed E-state index contributed by atoms with van der Waals surface area (Å²) in [5.41, 5.74) is 0.808. The van der Waals surface area contributed by atoms with Gasteiger partial charge in [-0.2, -0.15) is 11.8 Å². The summed E-state index contributed by atoms with van der Waals surface area (Å²) in [6.07, 6.45) is 3.20. The number of aryl methyl sites for hydroxylation is 1. The minimum atomic E-state index is -0.250. The van der Waals surface area contributed by atoms with Crippen molar-refractivity contribution in [3.63, 3.8) is 0 Å². The summed E-state index contributed by atoms with van der Waals surface area (Å²) in [5, 5.41) is 15.1. The van der Waals surface area contributed by atoms with Crippen LogP contribution in [0.15, 0.2) is 29.3 Å². The molecule has 0 unspecified atom stereocenters. The van der Waals surface area contributed by atoms with E-state index in [1.54, 1.807) is 0 Å². The molecule has 0 bridgehead atoms. The third-order valence-corrected chi connectivity index (χ3v) is 4.91. The first-order chi connectivity index (χ1) is 13.8. The van der Waals surface area contributed by atoms with Crippen molar-refractivity contribution in [3.05, 3.63) is 41.5 Å². The quantitative estimate of drug-likeness (QED) is 0.215. The van der Waals surface area contributed by atoms with Crippen LogP contribution >= 0.6 is 35.7 Å². The van der Waals surface area contributed by atoms with Crippen LogP contribution in [0.5, 0.6) is 5.75 Å². The van der Waals surface area contributed by atoms with Crippen LogP contribution in [0.1, 0.15) is 44.4 Å². The van der Waals surface area contributed by atoms with Gasteiger partial charge in [0.1, 0.15) is 17.2 Å². The summed E-state index contributed by atoms with van der Waals surface area (Å²) in [4.78, 5) is 4.78. The van der Waals surface area contributed by atoms with E-state index >= 15 is 0 Å². The molecule has 0 amide bonds. The van der Waals surface area contributed by atoms with Crippen molar-refractivity contribution in [1.29, 1.82) is 0 Å². The van der Waals surface area contributed by atoms with Crippen molar-refractivity contribution in [3.8, 4) is 5.75 Å². The van der Waals surface area contributed by atoms with Crippen LogP contribution in [0.2, 0.25) is 0 Å². The lowest BCUT2D eigenvalue weighted by atomic mass is 10.1. The molecule has 0 aliphatic rings. The fourth-order valence-electron chi connectivity index (χ4n) is 2.59. The van der Waals surface area contributed by atoms with Crippen LogP contribution in [-0.4, -0.2) is 44.9 Å². The molecule has 0 spiro atoms. The maximum Gasteiger partial charge on any atom is 0.191 e. The zero-order valence-corrected chi connectivity index (χ0v) is 22.0. The fourth-order valence-corrected chi connectivity index (χ4v) is 3.03. The zero-order valence-electron chi connectivity index (χ0n) is 18.9. The van der Waals surface area contributed by atoms with E-state index in [9.17, 15) is 0 Å². The highest BCUT2D eigenvalue weighted by Gasteiger charge is 2.14. The van der Waals surface area contributed by atoms with Crippen molar-refractivity contribution in [1.82, 2.24) is 25.4 Å². The Labute approximate surface area is 201 Å². The summed E-state index contributed by atoms with van der Waals surface area (Å²) < 4.78 is 8.07. The molecule has 7 nitrogen and oxygen atoms in total. The summed E-state index contributed by atoms with van der Waals surface area (Å²) in [7, 11) is 1.97. The molecule has 0 saturated heterocycles. The second kappa shape index (κ2) is 13.0. The molecule has 2 aromatic rings. The molecular formula is C21H35IN6OS. The van der Waals surface area contributed by atoms with E-state index in [-0.39, 0.29) is 29.6 Å². The van der Waals surface area contributed by atoms with E-state index in [1.807, 2.05) is 48.5 Å². The Morgan fingerprint density at radius 3 is 2.57 bits per heavy atom. The zero-order chi connectivity index (χ0) is 21.3. The number of guanidine groups is 1. The maximum atomic E-state index is 6.09. The fraction of sp³-hybridized carbons (Fsp3) is 0.571. The van der Waals surface area contributed by atoms with E-state index in [2.05, 4.69) is 53.9 Å². The Morgan fingerprint density at radius 2 is 1.93 bits per heavy atom. The number of nitrogens with one attached hydrogen (secondary N) is 2.